The number of ether oxygens (including phenoxy) is 1. The topological polar surface area (TPSA) is 71.4 Å². The van der Waals surface area contributed by atoms with E-state index in [9.17, 15) is 4.79 Å². The number of amides is 2. The van der Waals surface area contributed by atoms with E-state index >= 15 is 0 Å². The molecule has 0 radical (unpaired) electrons. The van der Waals surface area contributed by atoms with Gasteiger partial charge in [-0.1, -0.05) is 6.92 Å². The van der Waals surface area contributed by atoms with E-state index in [-0.39, 0.29) is 12.1 Å². The fourth-order valence-corrected chi connectivity index (χ4v) is 2.98. The summed E-state index contributed by atoms with van der Waals surface area (Å²) in [4.78, 5) is 14.4. The van der Waals surface area contributed by atoms with Crippen LogP contribution in [0.15, 0.2) is 6.07 Å². The molecule has 0 unspecified atom stereocenters. The Bertz CT molecular complexity index is 525. The average Bonchev–Trinajstić information content (AvgIpc) is 2.83. The van der Waals surface area contributed by atoms with Gasteiger partial charge in [0.1, 0.15) is 0 Å². The standard InChI is InChI=1S/C17H31N5O2/c1-13(11-22-16(4)9-14(2)20-22)10-18-17(23)19-15(3)12-21-5-7-24-8-6-21/h9,13,15H,5-8,10-12H2,1-4H3,(H2,18,19,23)/t13-,15-/m1/s1. The van der Waals surface area contributed by atoms with Crippen molar-refractivity contribution >= 4 is 6.03 Å². The number of aromatic nitrogens is 2. The normalized spacial score (nSPS) is 18.2. The summed E-state index contributed by atoms with van der Waals surface area (Å²) < 4.78 is 7.34. The first kappa shape index (κ1) is 18.7. The van der Waals surface area contributed by atoms with Gasteiger partial charge in [-0.25, -0.2) is 4.79 Å². The van der Waals surface area contributed by atoms with Gasteiger partial charge >= 0.3 is 6.03 Å². The van der Waals surface area contributed by atoms with Crippen LogP contribution >= 0.6 is 0 Å². The molecule has 1 aromatic heterocycles. The molecule has 1 aromatic rings. The van der Waals surface area contributed by atoms with Crippen molar-refractivity contribution in [2.45, 2.75) is 40.3 Å². The second-order valence-electron chi connectivity index (χ2n) is 6.88. The Balaban J connectivity index is 1.65. The summed E-state index contributed by atoms with van der Waals surface area (Å²) in [6.07, 6.45) is 0. The molecule has 0 aliphatic carbocycles. The van der Waals surface area contributed by atoms with E-state index < -0.39 is 0 Å². The van der Waals surface area contributed by atoms with Crippen LogP contribution in [0.3, 0.4) is 0 Å². The number of rotatable bonds is 7. The van der Waals surface area contributed by atoms with Crippen molar-refractivity contribution in [3.8, 4) is 0 Å². The van der Waals surface area contributed by atoms with E-state index in [0.717, 1.165) is 50.8 Å². The molecule has 136 valence electrons. The minimum atomic E-state index is -0.101. The number of hydrogen-bond acceptors (Lipinski definition) is 4. The molecule has 7 nitrogen and oxygen atoms in total. The molecule has 7 heteroatoms. The van der Waals surface area contributed by atoms with Gasteiger partial charge in [-0.15, -0.1) is 0 Å². The Kier molecular flexibility index (Phi) is 7.05. The lowest BCUT2D eigenvalue weighted by molar-refractivity contribution is 0.0349. The Morgan fingerprint density at radius 1 is 1.29 bits per heavy atom. The fraction of sp³-hybridized carbons (Fsp3) is 0.765. The molecule has 2 heterocycles. The lowest BCUT2D eigenvalue weighted by Gasteiger charge is -2.29. The van der Waals surface area contributed by atoms with Crippen molar-refractivity contribution in [2.24, 2.45) is 5.92 Å². The van der Waals surface area contributed by atoms with Crippen LogP contribution in [0.2, 0.25) is 0 Å². The quantitative estimate of drug-likeness (QED) is 0.783. The molecule has 2 rings (SSSR count). The maximum Gasteiger partial charge on any atom is 0.315 e. The Labute approximate surface area is 144 Å². The highest BCUT2D eigenvalue weighted by atomic mass is 16.5. The Hall–Kier alpha value is -1.60. The van der Waals surface area contributed by atoms with Gasteiger partial charge < -0.3 is 15.4 Å². The SMILES string of the molecule is Cc1cc(C)n(C[C@H](C)CNC(=O)N[C@H](C)CN2CCOCC2)n1. The van der Waals surface area contributed by atoms with Crippen molar-refractivity contribution in [1.82, 2.24) is 25.3 Å². The first-order chi connectivity index (χ1) is 11.4. The molecule has 0 spiro atoms. The summed E-state index contributed by atoms with van der Waals surface area (Å²) in [5.41, 5.74) is 2.19. The number of hydrogen-bond donors (Lipinski definition) is 2. The van der Waals surface area contributed by atoms with Crippen LogP contribution in [0.25, 0.3) is 0 Å². The molecule has 1 saturated heterocycles. The van der Waals surface area contributed by atoms with Gasteiger partial charge in [-0.3, -0.25) is 9.58 Å². The summed E-state index contributed by atoms with van der Waals surface area (Å²) in [5.74, 6) is 0.322. The molecule has 2 N–H and O–H groups in total. The zero-order valence-electron chi connectivity index (χ0n) is 15.3. The van der Waals surface area contributed by atoms with E-state index in [2.05, 4.69) is 40.5 Å². The zero-order chi connectivity index (χ0) is 17.5. The third-order valence-electron chi connectivity index (χ3n) is 4.21. The Morgan fingerprint density at radius 2 is 2.00 bits per heavy atom. The third-order valence-corrected chi connectivity index (χ3v) is 4.21. The van der Waals surface area contributed by atoms with Crippen LogP contribution in [0.5, 0.6) is 0 Å². The summed E-state index contributed by atoms with van der Waals surface area (Å²) in [6, 6.07) is 2.09. The van der Waals surface area contributed by atoms with Crippen LogP contribution in [0.4, 0.5) is 4.79 Å². The molecule has 2 atom stereocenters. The minimum Gasteiger partial charge on any atom is -0.379 e. The molecule has 0 aromatic carbocycles. The second kappa shape index (κ2) is 9.03. The fourth-order valence-electron chi connectivity index (χ4n) is 2.98. The van der Waals surface area contributed by atoms with Crippen molar-refractivity contribution < 1.29 is 9.53 Å². The van der Waals surface area contributed by atoms with E-state index in [1.807, 2.05) is 18.5 Å². The number of carbonyl (C=O) groups excluding carboxylic acids is 1. The number of nitrogens with one attached hydrogen (secondary N) is 2. The number of aryl methyl sites for hydroxylation is 2. The van der Waals surface area contributed by atoms with Crippen molar-refractivity contribution in [1.29, 1.82) is 0 Å². The van der Waals surface area contributed by atoms with Gasteiger partial charge in [-0.05, 0) is 32.8 Å². The molecule has 0 saturated carbocycles. The largest absolute Gasteiger partial charge is 0.379 e. The summed E-state index contributed by atoms with van der Waals surface area (Å²) in [5, 5.41) is 10.4. The molecule has 1 aliphatic heterocycles. The predicted octanol–water partition coefficient (Wildman–Crippen LogP) is 1.16. The molecule has 2 amide bonds. The number of urea groups is 1. The number of nitrogens with zero attached hydrogens (tertiary/aromatic N) is 3. The highest BCUT2D eigenvalue weighted by molar-refractivity contribution is 5.74. The highest BCUT2D eigenvalue weighted by Crippen LogP contribution is 2.06. The van der Waals surface area contributed by atoms with E-state index in [1.165, 1.54) is 0 Å². The van der Waals surface area contributed by atoms with Crippen molar-refractivity contribution in [3.05, 3.63) is 17.5 Å². The second-order valence-corrected chi connectivity index (χ2v) is 6.88. The molecular formula is C17H31N5O2. The van der Waals surface area contributed by atoms with Crippen LogP contribution < -0.4 is 10.6 Å². The van der Waals surface area contributed by atoms with Gasteiger partial charge in [0.25, 0.3) is 0 Å². The highest BCUT2D eigenvalue weighted by Gasteiger charge is 2.15. The zero-order valence-corrected chi connectivity index (χ0v) is 15.3. The summed E-state index contributed by atoms with van der Waals surface area (Å²) >= 11 is 0. The maximum atomic E-state index is 12.0. The van der Waals surface area contributed by atoms with Crippen LogP contribution in [-0.4, -0.2) is 66.1 Å². The van der Waals surface area contributed by atoms with Gasteiger partial charge in [0, 0.05) is 44.5 Å². The average molecular weight is 337 g/mol. The van der Waals surface area contributed by atoms with E-state index in [4.69, 9.17) is 4.74 Å². The smallest absolute Gasteiger partial charge is 0.315 e. The molecule has 24 heavy (non-hydrogen) atoms. The van der Waals surface area contributed by atoms with Crippen molar-refractivity contribution in [2.75, 3.05) is 39.4 Å². The molecule has 0 bridgehead atoms. The van der Waals surface area contributed by atoms with Crippen molar-refractivity contribution in [3.63, 3.8) is 0 Å². The van der Waals surface area contributed by atoms with Gasteiger partial charge in [0.2, 0.25) is 0 Å². The molecule has 1 aliphatic rings. The predicted molar refractivity (Wildman–Crippen MR) is 94.1 cm³/mol. The molecule has 1 fully saturated rings. The Morgan fingerprint density at radius 3 is 2.62 bits per heavy atom. The lowest BCUT2D eigenvalue weighted by Crippen LogP contribution is -2.49. The summed E-state index contributed by atoms with van der Waals surface area (Å²) in [7, 11) is 0. The van der Waals surface area contributed by atoms with Crippen LogP contribution in [0, 0.1) is 19.8 Å². The lowest BCUT2D eigenvalue weighted by atomic mass is 10.2. The van der Waals surface area contributed by atoms with Gasteiger partial charge in [0.05, 0.1) is 18.9 Å². The van der Waals surface area contributed by atoms with Crippen LogP contribution in [0.1, 0.15) is 25.2 Å². The number of carbonyl (C=O) groups is 1. The first-order valence-electron chi connectivity index (χ1n) is 8.79. The third kappa shape index (κ3) is 6.13. The number of morpholine rings is 1. The van der Waals surface area contributed by atoms with E-state index in [0.29, 0.717) is 12.5 Å². The molecular weight excluding hydrogens is 306 g/mol. The minimum absolute atomic E-state index is 0.101. The van der Waals surface area contributed by atoms with Gasteiger partial charge in [0.15, 0.2) is 0 Å². The summed E-state index contributed by atoms with van der Waals surface area (Å²) in [6.45, 7) is 13.9. The monoisotopic (exact) mass is 337 g/mol. The van der Waals surface area contributed by atoms with Gasteiger partial charge in [-0.2, -0.15) is 5.10 Å². The first-order valence-corrected chi connectivity index (χ1v) is 8.79. The maximum absolute atomic E-state index is 12.0. The van der Waals surface area contributed by atoms with Crippen LogP contribution in [-0.2, 0) is 11.3 Å². The van der Waals surface area contributed by atoms with E-state index in [1.54, 1.807) is 0 Å².